The zero-order valence-corrected chi connectivity index (χ0v) is 40.0. The number of aromatic nitrogens is 4. The molecule has 0 spiro atoms. The second-order valence-electron chi connectivity index (χ2n) is 17.3. The molecule has 6 aromatic carbocycles. The molecule has 8 aromatic rings. The summed E-state index contributed by atoms with van der Waals surface area (Å²) in [6.07, 6.45) is 7.99. The fourth-order valence-electron chi connectivity index (χ4n) is 9.03. The Morgan fingerprint density at radius 3 is 1.37 bits per heavy atom. The molecule has 0 unspecified atom stereocenters. The number of rotatable bonds is 11. The van der Waals surface area contributed by atoms with Gasteiger partial charge < -0.3 is 18.1 Å². The molecular formula is C54H53N5OPtSi. The SMILES string of the molecule is CC(C)c1cccc(C(C)C)c1-n1ccnc1-c1[c-]c(N2c3[c-]c(-c4nccn4-c4c(C(C)C)cccc4C(C)C)ccc3O[Si]2(c2ccccc2)c2ccccc2)ccc1.[Pt+2]. The van der Waals surface area contributed by atoms with Crippen LogP contribution in [0.15, 0.2) is 152 Å². The quantitative estimate of drug-likeness (QED) is 0.0957. The van der Waals surface area contributed by atoms with Gasteiger partial charge in [0.2, 0.25) is 0 Å². The summed E-state index contributed by atoms with van der Waals surface area (Å²) in [5, 5.41) is 2.24. The normalized spacial score (nSPS) is 13.2. The third kappa shape index (κ3) is 7.39. The Bertz CT molecular complexity index is 2730. The first-order valence-electron chi connectivity index (χ1n) is 21.6. The first-order chi connectivity index (χ1) is 29.6. The van der Waals surface area contributed by atoms with E-state index in [1.807, 2.05) is 12.4 Å². The molecule has 1 aliphatic heterocycles. The number of hydrogen-bond donors (Lipinski definition) is 0. The molecule has 0 fully saturated rings. The minimum atomic E-state index is -3.31. The van der Waals surface area contributed by atoms with Crippen LogP contribution >= 0.6 is 0 Å². The van der Waals surface area contributed by atoms with Gasteiger partial charge in [0.15, 0.2) is 0 Å². The minimum absolute atomic E-state index is 0. The van der Waals surface area contributed by atoms with Crippen LogP contribution in [-0.4, -0.2) is 27.6 Å². The maximum absolute atomic E-state index is 7.50. The van der Waals surface area contributed by atoms with E-state index >= 15 is 0 Å². The zero-order chi connectivity index (χ0) is 42.4. The molecule has 1 aliphatic rings. The summed E-state index contributed by atoms with van der Waals surface area (Å²) in [7, 11) is -3.31. The minimum Gasteiger partial charge on any atom is -0.564 e. The van der Waals surface area contributed by atoms with Crippen LogP contribution in [0.4, 0.5) is 11.4 Å². The largest absolute Gasteiger partial charge is 2.00 e. The number of benzene rings is 6. The summed E-state index contributed by atoms with van der Waals surface area (Å²) in [5.41, 5.74) is 11.1. The van der Waals surface area contributed by atoms with Crippen molar-refractivity contribution in [2.45, 2.75) is 79.1 Å². The zero-order valence-electron chi connectivity index (χ0n) is 36.7. The molecule has 0 bridgehead atoms. The number of hydrogen-bond acceptors (Lipinski definition) is 4. The van der Waals surface area contributed by atoms with Crippen molar-refractivity contribution in [2.24, 2.45) is 0 Å². The fraction of sp³-hybridized carbons (Fsp3) is 0.222. The summed E-state index contributed by atoms with van der Waals surface area (Å²) < 4.78 is 14.4. The average Bonchev–Trinajstić information content (AvgIpc) is 4.05. The van der Waals surface area contributed by atoms with Crippen LogP contribution in [0.5, 0.6) is 5.75 Å². The Labute approximate surface area is 382 Å². The van der Waals surface area contributed by atoms with Crippen molar-refractivity contribution in [3.63, 3.8) is 0 Å². The third-order valence-electron chi connectivity index (χ3n) is 12.0. The second-order valence-corrected chi connectivity index (χ2v) is 20.4. The molecule has 62 heavy (non-hydrogen) atoms. The van der Waals surface area contributed by atoms with Gasteiger partial charge in [0, 0.05) is 52.3 Å². The standard InChI is InChI=1S/C54H53N5OSi.Pt/c1-36(2)45-24-16-25-46(37(3)4)51(45)57-32-30-55-53(57)40-18-15-19-42(34-40)59-49-35-41(54-56-31-33-58(54)52-47(38(5)6)26-17-27-48(52)39(7)8)28-29-50(49)60-61(59,43-20-11-9-12-21-43)44-22-13-10-14-23-44;/h9-33,36-39H,1-8H3;/q-2;+2. The van der Waals surface area contributed by atoms with Crippen molar-refractivity contribution in [3.05, 3.63) is 187 Å². The summed E-state index contributed by atoms with van der Waals surface area (Å²) >= 11 is 0. The van der Waals surface area contributed by atoms with E-state index < -0.39 is 8.48 Å². The summed E-state index contributed by atoms with van der Waals surface area (Å²) in [6.45, 7) is 18.1. The van der Waals surface area contributed by atoms with Crippen LogP contribution in [0, 0.1) is 12.1 Å². The van der Waals surface area contributed by atoms with E-state index in [1.54, 1.807) is 0 Å². The van der Waals surface area contributed by atoms with Crippen molar-refractivity contribution < 1.29 is 25.5 Å². The van der Waals surface area contributed by atoms with E-state index in [9.17, 15) is 0 Å². The predicted octanol–water partition coefficient (Wildman–Crippen LogP) is 12.3. The van der Waals surface area contributed by atoms with Gasteiger partial charge in [-0.2, -0.15) is 0 Å². The number of fused-ring (bicyclic) bond motifs is 1. The Morgan fingerprint density at radius 1 is 0.484 bits per heavy atom. The van der Waals surface area contributed by atoms with Crippen LogP contribution in [0.2, 0.25) is 0 Å². The van der Waals surface area contributed by atoms with Gasteiger partial charge in [-0.1, -0.05) is 152 Å². The molecule has 0 saturated carbocycles. The molecule has 0 atom stereocenters. The third-order valence-corrected chi connectivity index (χ3v) is 15.8. The fourth-order valence-corrected chi connectivity index (χ4v) is 12.9. The van der Waals surface area contributed by atoms with E-state index in [1.165, 1.54) is 33.6 Å². The van der Waals surface area contributed by atoms with Gasteiger partial charge in [0.1, 0.15) is 0 Å². The second kappa shape index (κ2) is 17.5. The number of anilines is 2. The molecule has 9 rings (SSSR count). The summed E-state index contributed by atoms with van der Waals surface area (Å²) in [6, 6.07) is 53.2. The van der Waals surface area contributed by atoms with Crippen molar-refractivity contribution in [1.29, 1.82) is 0 Å². The number of imidazole rings is 2. The van der Waals surface area contributed by atoms with Gasteiger partial charge in [-0.15, -0.1) is 53.6 Å². The summed E-state index contributed by atoms with van der Waals surface area (Å²) in [5.74, 6) is 3.77. The molecule has 0 N–H and O–H groups in total. The van der Waals surface area contributed by atoms with Gasteiger partial charge in [-0.05, 0) is 57.3 Å². The van der Waals surface area contributed by atoms with Crippen LogP contribution in [0.25, 0.3) is 34.2 Å². The smallest absolute Gasteiger partial charge is 0.564 e. The van der Waals surface area contributed by atoms with Crippen molar-refractivity contribution in [3.8, 4) is 39.9 Å². The Balaban J connectivity index is 0.00000529. The van der Waals surface area contributed by atoms with Gasteiger partial charge in [-0.3, -0.25) is 9.97 Å². The first-order valence-corrected chi connectivity index (χ1v) is 23.5. The molecular weight excluding hydrogens is 958 g/mol. The average molecular weight is 1010 g/mol. The molecule has 8 heteroatoms. The molecule has 0 aliphatic carbocycles. The molecule has 3 heterocycles. The van der Waals surface area contributed by atoms with Crippen LogP contribution in [0.3, 0.4) is 0 Å². The molecule has 2 aromatic heterocycles. The van der Waals surface area contributed by atoms with Gasteiger partial charge >= 0.3 is 29.5 Å². The van der Waals surface area contributed by atoms with Crippen LogP contribution in [0.1, 0.15) is 101 Å². The Morgan fingerprint density at radius 2 is 0.919 bits per heavy atom. The molecule has 6 nitrogen and oxygen atoms in total. The van der Waals surface area contributed by atoms with E-state index in [0.717, 1.165) is 50.3 Å². The molecule has 0 radical (unpaired) electrons. The van der Waals surface area contributed by atoms with E-state index in [-0.39, 0.29) is 21.1 Å². The first kappa shape index (κ1) is 42.9. The maximum Gasteiger partial charge on any atom is 2.00 e. The topological polar surface area (TPSA) is 48.1 Å². The summed E-state index contributed by atoms with van der Waals surface area (Å²) in [4.78, 5) is 10.1. The predicted molar refractivity (Wildman–Crippen MR) is 253 cm³/mol. The van der Waals surface area contributed by atoms with Crippen LogP contribution in [-0.2, 0) is 21.1 Å². The van der Waals surface area contributed by atoms with Crippen molar-refractivity contribution in [2.75, 3.05) is 4.57 Å². The molecule has 0 saturated heterocycles. The molecule has 314 valence electrons. The van der Waals surface area contributed by atoms with Gasteiger partial charge in [-0.25, -0.2) is 0 Å². The number of para-hydroxylation sites is 2. The number of nitrogens with zero attached hydrogens (tertiary/aromatic N) is 5. The van der Waals surface area contributed by atoms with E-state index in [2.05, 4.69) is 221 Å². The maximum atomic E-state index is 7.50. The monoisotopic (exact) mass is 1010 g/mol. The Hall–Kier alpha value is -5.75. The van der Waals surface area contributed by atoms with Crippen LogP contribution < -0.4 is 19.4 Å². The van der Waals surface area contributed by atoms with E-state index in [4.69, 9.17) is 14.4 Å². The Kier molecular flexibility index (Phi) is 12.1. The van der Waals surface area contributed by atoms with Gasteiger partial charge in [0.05, 0.1) is 11.6 Å². The molecule has 0 amide bonds. The van der Waals surface area contributed by atoms with Crippen molar-refractivity contribution >= 4 is 30.2 Å². The van der Waals surface area contributed by atoms with E-state index in [0.29, 0.717) is 23.7 Å². The van der Waals surface area contributed by atoms with Crippen molar-refractivity contribution in [1.82, 2.24) is 19.1 Å². The van der Waals surface area contributed by atoms with Gasteiger partial charge in [0.25, 0.3) is 0 Å².